The first-order valence-corrected chi connectivity index (χ1v) is 4.82. The van der Waals surface area contributed by atoms with Crippen LogP contribution in [0, 0.1) is 0 Å². The fourth-order valence-electron chi connectivity index (χ4n) is 0.204. The summed E-state index contributed by atoms with van der Waals surface area (Å²) < 4.78 is 4.69. The zero-order valence-electron chi connectivity index (χ0n) is 9.98. The van der Waals surface area contributed by atoms with E-state index in [1.807, 2.05) is 13.8 Å². The Balaban J connectivity index is -0.000000112. The van der Waals surface area contributed by atoms with Crippen molar-refractivity contribution in [3.63, 3.8) is 0 Å². The second kappa shape index (κ2) is 22.4. The molecule has 78 valence electrons. The molecule has 0 fully saturated rings. The summed E-state index contributed by atoms with van der Waals surface area (Å²) in [7, 11) is 5.82. The van der Waals surface area contributed by atoms with Crippen LogP contribution in [0.1, 0.15) is 34.1 Å². The van der Waals surface area contributed by atoms with E-state index in [2.05, 4.69) is 32.8 Å². The van der Waals surface area contributed by atoms with Crippen molar-refractivity contribution < 1.29 is 4.74 Å². The van der Waals surface area contributed by atoms with Crippen molar-refractivity contribution in [3.05, 3.63) is 0 Å². The lowest BCUT2D eigenvalue weighted by molar-refractivity contribution is 0.199. The average Bonchev–Trinajstić information content (AvgIpc) is 2.10. The Labute approximate surface area is 78.9 Å². The van der Waals surface area contributed by atoms with Gasteiger partial charge < -0.3 is 9.64 Å². The highest BCUT2D eigenvalue weighted by molar-refractivity contribution is 4.25. The summed E-state index contributed by atoms with van der Waals surface area (Å²) in [5, 5.41) is 0. The lowest BCUT2D eigenvalue weighted by Gasteiger charge is -2.00. The molecule has 0 saturated heterocycles. The largest absolute Gasteiger partial charge is 0.385 e. The topological polar surface area (TPSA) is 12.5 Å². The Hall–Kier alpha value is -0.0800. The van der Waals surface area contributed by atoms with Crippen LogP contribution in [0.4, 0.5) is 0 Å². The lowest BCUT2D eigenvalue weighted by atomic mass is 10.5. The van der Waals surface area contributed by atoms with Crippen LogP contribution in [-0.2, 0) is 4.74 Å². The van der Waals surface area contributed by atoms with Gasteiger partial charge in [-0.1, -0.05) is 27.7 Å². The molecule has 0 aliphatic heterocycles. The van der Waals surface area contributed by atoms with E-state index in [1.54, 1.807) is 7.11 Å². The summed E-state index contributed by atoms with van der Waals surface area (Å²) in [5.74, 6) is 0. The molecule has 0 aromatic rings. The third-order valence-electron chi connectivity index (χ3n) is 1.04. The predicted molar refractivity (Wildman–Crippen MR) is 57.7 cm³/mol. The van der Waals surface area contributed by atoms with Gasteiger partial charge in [-0.25, -0.2) is 0 Å². The smallest absolute Gasteiger partial charge is 0.0459 e. The maximum absolute atomic E-state index is 4.69. The molecular weight excluding hydrogens is 150 g/mol. The van der Waals surface area contributed by atoms with Crippen LogP contribution < -0.4 is 0 Å². The monoisotopic (exact) mass is 177 g/mol. The van der Waals surface area contributed by atoms with Crippen molar-refractivity contribution in [2.24, 2.45) is 0 Å². The molecule has 12 heavy (non-hydrogen) atoms. The Morgan fingerprint density at radius 2 is 1.42 bits per heavy atom. The maximum Gasteiger partial charge on any atom is 0.0459 e. The van der Waals surface area contributed by atoms with E-state index in [9.17, 15) is 0 Å². The van der Waals surface area contributed by atoms with Gasteiger partial charge in [-0.05, 0) is 27.1 Å². The summed E-state index contributed by atoms with van der Waals surface area (Å²) >= 11 is 0. The van der Waals surface area contributed by atoms with Crippen molar-refractivity contribution in [2.45, 2.75) is 34.1 Å². The van der Waals surface area contributed by atoms with Crippen LogP contribution in [0.2, 0.25) is 0 Å². The first-order valence-electron chi connectivity index (χ1n) is 4.82. The summed E-state index contributed by atoms with van der Waals surface area (Å²) in [5.41, 5.74) is 0. The first-order chi connectivity index (χ1) is 5.68. The van der Waals surface area contributed by atoms with Crippen molar-refractivity contribution >= 4 is 0 Å². The van der Waals surface area contributed by atoms with E-state index < -0.39 is 0 Å². The second-order valence-corrected chi connectivity index (χ2v) is 2.39. The molecule has 0 unspecified atom stereocenters. The molecule has 0 amide bonds. The maximum atomic E-state index is 4.69. The Kier molecular flexibility index (Phi) is 33.4. The molecule has 0 saturated carbocycles. The molecule has 0 N–H and O–H groups in total. The SMILES string of the molecule is CC.CCCOC.CCN(C)C. The van der Waals surface area contributed by atoms with Crippen molar-refractivity contribution in [1.29, 1.82) is 0 Å². The van der Waals surface area contributed by atoms with Crippen molar-refractivity contribution in [3.8, 4) is 0 Å². The van der Waals surface area contributed by atoms with Gasteiger partial charge in [-0.2, -0.15) is 0 Å². The summed E-state index contributed by atoms with van der Waals surface area (Å²) in [6.07, 6.45) is 1.12. The Bertz CT molecular complexity index is 45.1. The molecule has 0 heterocycles. The number of hydrogen-bond donors (Lipinski definition) is 0. The zero-order chi connectivity index (χ0) is 10.4. The van der Waals surface area contributed by atoms with Gasteiger partial charge in [0.1, 0.15) is 0 Å². The molecule has 0 rings (SSSR count). The number of nitrogens with zero attached hydrogens (tertiary/aromatic N) is 1. The second-order valence-electron chi connectivity index (χ2n) is 2.39. The number of rotatable bonds is 3. The van der Waals surface area contributed by atoms with Gasteiger partial charge in [0.2, 0.25) is 0 Å². The molecule has 0 aromatic carbocycles. The molecule has 0 radical (unpaired) electrons. The van der Waals surface area contributed by atoms with E-state index in [0.717, 1.165) is 19.6 Å². The fraction of sp³-hybridized carbons (Fsp3) is 1.00. The van der Waals surface area contributed by atoms with Gasteiger partial charge >= 0.3 is 0 Å². The molecule has 0 bridgehead atoms. The van der Waals surface area contributed by atoms with Gasteiger partial charge in [0, 0.05) is 13.7 Å². The average molecular weight is 177 g/mol. The van der Waals surface area contributed by atoms with Gasteiger partial charge in [0.25, 0.3) is 0 Å². The van der Waals surface area contributed by atoms with E-state index in [0.29, 0.717) is 0 Å². The number of methoxy groups -OCH3 is 1. The Morgan fingerprint density at radius 1 is 1.08 bits per heavy atom. The first kappa shape index (κ1) is 17.9. The molecule has 0 spiro atoms. The quantitative estimate of drug-likeness (QED) is 0.657. The minimum Gasteiger partial charge on any atom is -0.385 e. The summed E-state index contributed by atoms with van der Waals surface area (Å²) in [4.78, 5) is 2.12. The summed E-state index contributed by atoms with van der Waals surface area (Å²) in [6, 6.07) is 0. The summed E-state index contributed by atoms with van der Waals surface area (Å²) in [6.45, 7) is 10.2. The van der Waals surface area contributed by atoms with Crippen LogP contribution in [0.15, 0.2) is 0 Å². The zero-order valence-corrected chi connectivity index (χ0v) is 9.98. The number of hydrogen-bond acceptors (Lipinski definition) is 2. The Morgan fingerprint density at radius 3 is 1.42 bits per heavy atom. The van der Waals surface area contributed by atoms with Crippen molar-refractivity contribution in [1.82, 2.24) is 4.90 Å². The highest BCUT2D eigenvalue weighted by Crippen LogP contribution is 1.70. The molecule has 2 heteroatoms. The van der Waals surface area contributed by atoms with Gasteiger partial charge in [-0.15, -0.1) is 0 Å². The highest BCUT2D eigenvalue weighted by atomic mass is 16.5. The molecule has 0 aromatic heterocycles. The minimum atomic E-state index is 0.889. The van der Waals surface area contributed by atoms with Crippen LogP contribution in [-0.4, -0.2) is 39.3 Å². The molecule has 0 atom stereocenters. The van der Waals surface area contributed by atoms with Gasteiger partial charge in [0.05, 0.1) is 0 Å². The van der Waals surface area contributed by atoms with Crippen LogP contribution in [0.5, 0.6) is 0 Å². The van der Waals surface area contributed by atoms with Crippen LogP contribution in [0.3, 0.4) is 0 Å². The molecule has 0 aliphatic rings. The standard InChI is InChI=1S/C4H11N.C4H10O.C2H6/c1-4-5(2)3;1-3-4-5-2;1-2/h4H2,1-3H3;3-4H2,1-2H3;1-2H3. The van der Waals surface area contributed by atoms with E-state index >= 15 is 0 Å². The van der Waals surface area contributed by atoms with E-state index in [1.165, 1.54) is 0 Å². The third-order valence-corrected chi connectivity index (χ3v) is 1.04. The highest BCUT2D eigenvalue weighted by Gasteiger charge is 1.72. The van der Waals surface area contributed by atoms with Gasteiger partial charge in [-0.3, -0.25) is 0 Å². The fourth-order valence-corrected chi connectivity index (χ4v) is 0.204. The number of ether oxygens (including phenoxy) is 1. The van der Waals surface area contributed by atoms with Crippen molar-refractivity contribution in [2.75, 3.05) is 34.4 Å². The predicted octanol–water partition coefficient (Wildman–Crippen LogP) is 2.64. The van der Waals surface area contributed by atoms with E-state index in [4.69, 9.17) is 4.74 Å². The normalized spacial score (nSPS) is 8.00. The van der Waals surface area contributed by atoms with Crippen LogP contribution >= 0.6 is 0 Å². The molecular formula is C10H27NO. The minimum absolute atomic E-state index is 0.889. The lowest BCUT2D eigenvalue weighted by Crippen LogP contribution is -2.08. The van der Waals surface area contributed by atoms with E-state index in [-0.39, 0.29) is 0 Å². The van der Waals surface area contributed by atoms with Crippen LogP contribution in [0.25, 0.3) is 0 Å². The molecule has 2 nitrogen and oxygen atoms in total. The van der Waals surface area contributed by atoms with Gasteiger partial charge in [0.15, 0.2) is 0 Å². The third kappa shape index (κ3) is 51.4. The molecule has 0 aliphatic carbocycles.